The predicted molar refractivity (Wildman–Crippen MR) is 86.3 cm³/mol. The highest BCUT2D eigenvalue weighted by atomic mass is 35.5. The first-order chi connectivity index (χ1) is 11.0. The van der Waals surface area contributed by atoms with E-state index in [0.29, 0.717) is 21.7 Å². The summed E-state index contributed by atoms with van der Waals surface area (Å²) in [4.78, 5) is 28.6. The van der Waals surface area contributed by atoms with Gasteiger partial charge in [0.1, 0.15) is 12.3 Å². The van der Waals surface area contributed by atoms with Crippen LogP contribution in [0.1, 0.15) is 18.7 Å². The van der Waals surface area contributed by atoms with Crippen LogP contribution in [0.2, 0.25) is 5.02 Å². The molecule has 2 aromatic heterocycles. The van der Waals surface area contributed by atoms with Gasteiger partial charge in [-0.2, -0.15) is 0 Å². The lowest BCUT2D eigenvalue weighted by atomic mass is 10.2. The molecule has 3 aromatic rings. The van der Waals surface area contributed by atoms with Gasteiger partial charge >= 0.3 is 0 Å². The molecule has 1 unspecified atom stereocenters. The van der Waals surface area contributed by atoms with Gasteiger partial charge in [0.05, 0.1) is 29.5 Å². The summed E-state index contributed by atoms with van der Waals surface area (Å²) in [6.07, 6.45) is 2.89. The van der Waals surface area contributed by atoms with Crippen molar-refractivity contribution in [2.75, 3.05) is 0 Å². The topological polar surface area (TPSA) is 77.1 Å². The van der Waals surface area contributed by atoms with Crippen molar-refractivity contribution in [1.82, 2.24) is 14.9 Å². The average molecular weight is 332 g/mol. The Kier molecular flexibility index (Phi) is 4.16. The van der Waals surface area contributed by atoms with Gasteiger partial charge in [-0.05, 0) is 37.3 Å². The highest BCUT2D eigenvalue weighted by Crippen LogP contribution is 2.14. The number of aromatic nitrogens is 2. The molecule has 7 heteroatoms. The number of carbonyl (C=O) groups excluding carboxylic acids is 1. The summed E-state index contributed by atoms with van der Waals surface area (Å²) < 4.78 is 6.50. The highest BCUT2D eigenvalue weighted by Gasteiger charge is 2.13. The minimum absolute atomic E-state index is 0.116. The average Bonchev–Trinajstić information content (AvgIpc) is 3.04. The van der Waals surface area contributed by atoms with Crippen LogP contribution in [-0.4, -0.2) is 15.5 Å². The van der Waals surface area contributed by atoms with Crippen LogP contribution in [0, 0.1) is 0 Å². The van der Waals surface area contributed by atoms with Crippen molar-refractivity contribution in [2.24, 2.45) is 0 Å². The standard InChI is InChI=1S/C16H14ClN3O3/c1-10(14-3-2-6-23-14)19-15(21)8-20-9-18-13-7-11(17)4-5-12(13)16(20)22/h2-7,9-10H,8H2,1H3,(H,19,21). The van der Waals surface area contributed by atoms with Gasteiger partial charge in [-0.25, -0.2) is 4.98 Å². The van der Waals surface area contributed by atoms with Crippen molar-refractivity contribution >= 4 is 28.4 Å². The summed E-state index contributed by atoms with van der Waals surface area (Å²) in [5, 5.41) is 3.70. The summed E-state index contributed by atoms with van der Waals surface area (Å²) >= 11 is 5.88. The molecule has 0 spiro atoms. The largest absolute Gasteiger partial charge is 0.467 e. The Bertz CT molecular complexity index is 903. The third-order valence-electron chi connectivity index (χ3n) is 3.45. The maximum Gasteiger partial charge on any atom is 0.261 e. The third-order valence-corrected chi connectivity index (χ3v) is 3.68. The number of nitrogens with one attached hydrogen (secondary N) is 1. The first-order valence-electron chi connectivity index (χ1n) is 7.02. The quantitative estimate of drug-likeness (QED) is 0.797. The fourth-order valence-electron chi connectivity index (χ4n) is 2.29. The first-order valence-corrected chi connectivity index (χ1v) is 7.40. The molecule has 0 aliphatic heterocycles. The first kappa shape index (κ1) is 15.3. The second-order valence-corrected chi connectivity index (χ2v) is 5.58. The fraction of sp³-hybridized carbons (Fsp3) is 0.188. The number of nitrogens with zero attached hydrogens (tertiary/aromatic N) is 2. The van der Waals surface area contributed by atoms with E-state index in [1.165, 1.54) is 10.9 Å². The number of furan rings is 1. The summed E-state index contributed by atoms with van der Waals surface area (Å²) in [6, 6.07) is 8.09. The molecule has 6 nitrogen and oxygen atoms in total. The van der Waals surface area contributed by atoms with Gasteiger partial charge < -0.3 is 9.73 Å². The number of rotatable bonds is 4. The van der Waals surface area contributed by atoms with Crippen LogP contribution in [-0.2, 0) is 11.3 Å². The zero-order valence-electron chi connectivity index (χ0n) is 12.3. The van der Waals surface area contributed by atoms with Gasteiger partial charge in [-0.3, -0.25) is 14.2 Å². The van der Waals surface area contributed by atoms with E-state index in [2.05, 4.69) is 10.3 Å². The zero-order valence-corrected chi connectivity index (χ0v) is 13.1. The van der Waals surface area contributed by atoms with Crippen molar-refractivity contribution in [3.05, 3.63) is 64.1 Å². The van der Waals surface area contributed by atoms with E-state index in [9.17, 15) is 9.59 Å². The zero-order chi connectivity index (χ0) is 16.4. The van der Waals surface area contributed by atoms with Crippen LogP contribution in [0.3, 0.4) is 0 Å². The summed E-state index contributed by atoms with van der Waals surface area (Å²) in [5.41, 5.74) is 0.218. The molecule has 0 aliphatic rings. The van der Waals surface area contributed by atoms with Crippen molar-refractivity contribution in [1.29, 1.82) is 0 Å². The molecule has 23 heavy (non-hydrogen) atoms. The minimum Gasteiger partial charge on any atom is -0.467 e. The lowest BCUT2D eigenvalue weighted by Gasteiger charge is -2.12. The minimum atomic E-state index is -0.300. The number of hydrogen-bond donors (Lipinski definition) is 1. The molecule has 0 aliphatic carbocycles. The Labute approximate surface area is 136 Å². The molecule has 118 valence electrons. The molecule has 1 aromatic carbocycles. The van der Waals surface area contributed by atoms with Crippen LogP contribution >= 0.6 is 11.6 Å². The summed E-state index contributed by atoms with van der Waals surface area (Å²) in [5.74, 6) is 0.350. The van der Waals surface area contributed by atoms with E-state index in [1.807, 2.05) is 0 Å². The molecule has 1 atom stereocenters. The Balaban J connectivity index is 1.78. The Morgan fingerprint density at radius 2 is 2.26 bits per heavy atom. The van der Waals surface area contributed by atoms with Crippen LogP contribution < -0.4 is 10.9 Å². The molecular weight excluding hydrogens is 318 g/mol. The van der Waals surface area contributed by atoms with E-state index in [0.717, 1.165) is 0 Å². The van der Waals surface area contributed by atoms with Gasteiger partial charge in [-0.1, -0.05) is 11.6 Å². The monoisotopic (exact) mass is 331 g/mol. The normalized spacial score (nSPS) is 12.3. The van der Waals surface area contributed by atoms with Crippen molar-refractivity contribution in [3.8, 4) is 0 Å². The van der Waals surface area contributed by atoms with Crippen molar-refractivity contribution in [3.63, 3.8) is 0 Å². The number of carbonyl (C=O) groups is 1. The maximum atomic E-state index is 12.4. The van der Waals surface area contributed by atoms with E-state index in [4.69, 9.17) is 16.0 Å². The lowest BCUT2D eigenvalue weighted by Crippen LogP contribution is -2.33. The van der Waals surface area contributed by atoms with E-state index < -0.39 is 0 Å². The number of hydrogen-bond acceptors (Lipinski definition) is 4. The smallest absolute Gasteiger partial charge is 0.261 e. The van der Waals surface area contributed by atoms with Gasteiger partial charge in [0, 0.05) is 5.02 Å². The Morgan fingerprint density at radius 3 is 3.00 bits per heavy atom. The second kappa shape index (κ2) is 6.26. The van der Waals surface area contributed by atoms with E-state index in [-0.39, 0.29) is 24.1 Å². The number of halogens is 1. The van der Waals surface area contributed by atoms with Crippen molar-refractivity contribution < 1.29 is 9.21 Å². The van der Waals surface area contributed by atoms with E-state index >= 15 is 0 Å². The molecule has 2 heterocycles. The maximum absolute atomic E-state index is 12.4. The number of benzene rings is 1. The fourth-order valence-corrected chi connectivity index (χ4v) is 2.46. The van der Waals surface area contributed by atoms with Crippen LogP contribution in [0.25, 0.3) is 10.9 Å². The molecule has 0 fully saturated rings. The van der Waals surface area contributed by atoms with Gasteiger partial charge in [0.15, 0.2) is 0 Å². The molecule has 0 saturated heterocycles. The van der Waals surface area contributed by atoms with Gasteiger partial charge in [0.25, 0.3) is 5.56 Å². The van der Waals surface area contributed by atoms with Crippen LogP contribution in [0.15, 0.2) is 52.1 Å². The highest BCUT2D eigenvalue weighted by molar-refractivity contribution is 6.31. The van der Waals surface area contributed by atoms with Crippen LogP contribution in [0.5, 0.6) is 0 Å². The van der Waals surface area contributed by atoms with Crippen LogP contribution in [0.4, 0.5) is 0 Å². The summed E-state index contributed by atoms with van der Waals surface area (Å²) in [7, 11) is 0. The molecule has 3 rings (SSSR count). The second-order valence-electron chi connectivity index (χ2n) is 5.14. The molecule has 1 N–H and O–H groups in total. The Hall–Kier alpha value is -2.60. The number of amides is 1. The molecule has 1 amide bonds. The predicted octanol–water partition coefficient (Wildman–Crippen LogP) is 2.52. The summed E-state index contributed by atoms with van der Waals surface area (Å²) in [6.45, 7) is 1.69. The Morgan fingerprint density at radius 1 is 1.43 bits per heavy atom. The lowest BCUT2D eigenvalue weighted by molar-refractivity contribution is -0.122. The number of fused-ring (bicyclic) bond motifs is 1. The molecular formula is C16H14ClN3O3. The third kappa shape index (κ3) is 3.27. The molecule has 0 radical (unpaired) electrons. The van der Waals surface area contributed by atoms with E-state index in [1.54, 1.807) is 43.5 Å². The molecule has 0 bridgehead atoms. The molecule has 0 saturated carbocycles. The van der Waals surface area contributed by atoms with Gasteiger partial charge in [0.2, 0.25) is 5.91 Å². The van der Waals surface area contributed by atoms with Gasteiger partial charge in [-0.15, -0.1) is 0 Å². The SMILES string of the molecule is CC(NC(=O)Cn1cnc2cc(Cl)ccc2c1=O)c1ccco1. The van der Waals surface area contributed by atoms with Crippen molar-refractivity contribution in [2.45, 2.75) is 19.5 Å².